The Bertz CT molecular complexity index is 590. The van der Waals surface area contributed by atoms with Crippen LogP contribution in [0.15, 0.2) is 12.3 Å². The molecule has 3 atom stereocenters. The zero-order valence-electron chi connectivity index (χ0n) is 13.0. The van der Waals surface area contributed by atoms with E-state index >= 15 is 0 Å². The van der Waals surface area contributed by atoms with Crippen molar-refractivity contribution in [3.8, 4) is 0 Å². The summed E-state index contributed by atoms with van der Waals surface area (Å²) < 4.78 is 5.40. The first-order valence-electron chi connectivity index (χ1n) is 7.40. The van der Waals surface area contributed by atoms with Crippen LogP contribution in [-0.2, 0) is 4.74 Å². The average Bonchev–Trinajstić information content (AvgIpc) is 2.83. The molecule has 22 heavy (non-hydrogen) atoms. The molecule has 0 aromatic carbocycles. The molecule has 2 aliphatic rings. The predicted molar refractivity (Wildman–Crippen MR) is 85.9 cm³/mol. The number of nitrogens with one attached hydrogen (secondary N) is 1. The highest BCUT2D eigenvalue weighted by Crippen LogP contribution is 2.48. The Hall–Kier alpha value is -1.69. The van der Waals surface area contributed by atoms with Crippen LogP contribution in [0.5, 0.6) is 0 Å². The van der Waals surface area contributed by atoms with Gasteiger partial charge in [-0.2, -0.15) is 0 Å². The van der Waals surface area contributed by atoms with E-state index in [9.17, 15) is 4.79 Å². The maximum atomic E-state index is 12.0. The zero-order valence-corrected chi connectivity index (χ0v) is 13.7. The van der Waals surface area contributed by atoms with E-state index in [0.717, 1.165) is 18.8 Å². The Morgan fingerprint density at radius 1 is 1.45 bits per heavy atom. The molecule has 1 aromatic heterocycles. The Morgan fingerprint density at radius 3 is 2.68 bits per heavy atom. The standard InChI is InChI=1S/C15H21ClN4O2/c1-15(2,3)22-14(21)20-6-8-9(7-20)13(8)19-11-4-12(16)18-5-10(11)17/h4-5,8-9,13H,6-7,17H2,1-3H3,(H,18,19)/t8-,9+,13?. The molecule has 2 fully saturated rings. The number of piperidine rings is 1. The maximum absolute atomic E-state index is 12.0. The number of anilines is 2. The van der Waals surface area contributed by atoms with Gasteiger partial charge in [0.05, 0.1) is 17.6 Å². The van der Waals surface area contributed by atoms with Crippen LogP contribution in [-0.4, -0.2) is 40.7 Å². The summed E-state index contributed by atoms with van der Waals surface area (Å²) in [7, 11) is 0. The van der Waals surface area contributed by atoms with E-state index in [1.165, 1.54) is 0 Å². The molecule has 6 nitrogen and oxygen atoms in total. The number of rotatable bonds is 2. The van der Waals surface area contributed by atoms with Gasteiger partial charge in [0.2, 0.25) is 0 Å². The molecule has 7 heteroatoms. The van der Waals surface area contributed by atoms with Crippen molar-refractivity contribution in [2.24, 2.45) is 11.8 Å². The van der Waals surface area contributed by atoms with Gasteiger partial charge in [-0.15, -0.1) is 0 Å². The Labute approximate surface area is 135 Å². The highest BCUT2D eigenvalue weighted by atomic mass is 35.5. The van der Waals surface area contributed by atoms with Gasteiger partial charge in [0.15, 0.2) is 0 Å². The van der Waals surface area contributed by atoms with Crippen molar-refractivity contribution in [3.63, 3.8) is 0 Å². The topological polar surface area (TPSA) is 80.5 Å². The molecule has 1 aromatic rings. The van der Waals surface area contributed by atoms with Crippen molar-refractivity contribution in [2.45, 2.75) is 32.4 Å². The molecule has 0 bridgehead atoms. The van der Waals surface area contributed by atoms with E-state index in [0.29, 0.717) is 28.7 Å². The number of aromatic nitrogens is 1. The van der Waals surface area contributed by atoms with Crippen molar-refractivity contribution >= 4 is 29.1 Å². The summed E-state index contributed by atoms with van der Waals surface area (Å²) in [4.78, 5) is 17.7. The third-order valence-corrected chi connectivity index (χ3v) is 4.28. The number of ether oxygens (including phenoxy) is 1. The lowest BCUT2D eigenvalue weighted by Crippen LogP contribution is -2.38. The number of amides is 1. The summed E-state index contributed by atoms with van der Waals surface area (Å²) in [5.41, 5.74) is 6.83. The largest absolute Gasteiger partial charge is 0.444 e. The maximum Gasteiger partial charge on any atom is 0.410 e. The summed E-state index contributed by atoms with van der Waals surface area (Å²) in [6.07, 6.45) is 1.32. The predicted octanol–water partition coefficient (Wildman–Crippen LogP) is 2.59. The van der Waals surface area contributed by atoms with E-state index in [4.69, 9.17) is 22.1 Å². The third kappa shape index (κ3) is 3.06. The van der Waals surface area contributed by atoms with E-state index in [-0.39, 0.29) is 6.09 Å². The van der Waals surface area contributed by atoms with Gasteiger partial charge in [0, 0.05) is 37.0 Å². The van der Waals surface area contributed by atoms with Gasteiger partial charge in [-0.3, -0.25) is 0 Å². The van der Waals surface area contributed by atoms with Crippen LogP contribution < -0.4 is 11.1 Å². The Balaban J connectivity index is 1.55. The first-order chi connectivity index (χ1) is 10.2. The number of nitrogen functional groups attached to an aromatic ring is 1. The highest BCUT2D eigenvalue weighted by Gasteiger charge is 2.57. The number of hydrogen-bond donors (Lipinski definition) is 2. The second-order valence-corrected chi connectivity index (χ2v) is 7.36. The summed E-state index contributed by atoms with van der Waals surface area (Å²) in [6, 6.07) is 2.07. The Kier molecular flexibility index (Phi) is 3.59. The molecule has 1 saturated heterocycles. The first kappa shape index (κ1) is 15.2. The van der Waals surface area contributed by atoms with Gasteiger partial charge in [-0.05, 0) is 20.8 Å². The zero-order chi connectivity index (χ0) is 16.1. The molecular weight excluding hydrogens is 304 g/mol. The van der Waals surface area contributed by atoms with Crippen molar-refractivity contribution in [1.29, 1.82) is 0 Å². The van der Waals surface area contributed by atoms with Crippen LogP contribution in [0, 0.1) is 11.8 Å². The van der Waals surface area contributed by atoms with E-state index in [1.54, 1.807) is 17.2 Å². The number of carbonyl (C=O) groups excluding carboxylic acids is 1. The summed E-state index contributed by atoms with van der Waals surface area (Å²) in [5, 5.41) is 3.82. The number of likely N-dealkylation sites (tertiary alicyclic amines) is 1. The van der Waals surface area contributed by atoms with Gasteiger partial charge in [-0.1, -0.05) is 11.6 Å². The molecule has 1 unspecified atom stereocenters. The molecule has 1 aliphatic heterocycles. The van der Waals surface area contributed by atoms with Crippen LogP contribution in [0.1, 0.15) is 20.8 Å². The monoisotopic (exact) mass is 324 g/mol. The molecule has 0 spiro atoms. The highest BCUT2D eigenvalue weighted by molar-refractivity contribution is 6.29. The average molecular weight is 325 g/mol. The number of pyridine rings is 1. The summed E-state index contributed by atoms with van der Waals surface area (Å²) in [6.45, 7) is 7.07. The van der Waals surface area contributed by atoms with Crippen molar-refractivity contribution in [1.82, 2.24) is 9.88 Å². The van der Waals surface area contributed by atoms with Crippen LogP contribution in [0.4, 0.5) is 16.2 Å². The molecule has 1 saturated carbocycles. The number of halogens is 1. The van der Waals surface area contributed by atoms with Crippen molar-refractivity contribution in [3.05, 3.63) is 17.4 Å². The van der Waals surface area contributed by atoms with Gasteiger partial charge in [0.1, 0.15) is 10.8 Å². The summed E-state index contributed by atoms with van der Waals surface area (Å²) >= 11 is 5.89. The van der Waals surface area contributed by atoms with E-state index < -0.39 is 5.60 Å². The smallest absolute Gasteiger partial charge is 0.410 e. The lowest BCUT2D eigenvalue weighted by molar-refractivity contribution is 0.0272. The second kappa shape index (κ2) is 5.19. The van der Waals surface area contributed by atoms with Crippen LogP contribution in [0.3, 0.4) is 0 Å². The SMILES string of the molecule is CC(C)(C)OC(=O)N1C[C@@H]2C(Nc3cc(Cl)ncc3N)[C@@H]2C1. The minimum atomic E-state index is -0.455. The number of hydrogen-bond acceptors (Lipinski definition) is 5. The molecule has 120 valence electrons. The molecule has 1 amide bonds. The first-order valence-corrected chi connectivity index (χ1v) is 7.78. The van der Waals surface area contributed by atoms with Crippen LogP contribution in [0.25, 0.3) is 0 Å². The van der Waals surface area contributed by atoms with Crippen molar-refractivity contribution < 1.29 is 9.53 Å². The number of nitrogens with two attached hydrogens (primary N) is 1. The third-order valence-electron chi connectivity index (χ3n) is 4.07. The molecule has 2 heterocycles. The minimum absolute atomic E-state index is 0.232. The fourth-order valence-electron chi connectivity index (χ4n) is 2.96. The fraction of sp³-hybridized carbons (Fsp3) is 0.600. The minimum Gasteiger partial charge on any atom is -0.444 e. The number of nitrogens with zero attached hydrogens (tertiary/aromatic N) is 2. The molecular formula is C15H21ClN4O2. The molecule has 3 rings (SSSR count). The van der Waals surface area contributed by atoms with Gasteiger partial charge in [-0.25, -0.2) is 9.78 Å². The molecule has 3 N–H and O–H groups in total. The second-order valence-electron chi connectivity index (χ2n) is 6.98. The number of carbonyl (C=O) groups is 1. The number of fused-ring (bicyclic) bond motifs is 1. The van der Waals surface area contributed by atoms with Crippen LogP contribution in [0.2, 0.25) is 5.15 Å². The molecule has 0 radical (unpaired) electrons. The lowest BCUT2D eigenvalue weighted by atomic mass is 10.2. The normalized spacial score (nSPS) is 26.5. The van der Waals surface area contributed by atoms with Crippen molar-refractivity contribution in [2.75, 3.05) is 24.1 Å². The van der Waals surface area contributed by atoms with E-state index in [1.807, 2.05) is 20.8 Å². The van der Waals surface area contributed by atoms with E-state index in [2.05, 4.69) is 10.3 Å². The van der Waals surface area contributed by atoms with Gasteiger partial charge < -0.3 is 20.7 Å². The lowest BCUT2D eigenvalue weighted by Gasteiger charge is -2.26. The van der Waals surface area contributed by atoms with Gasteiger partial charge in [0.25, 0.3) is 0 Å². The van der Waals surface area contributed by atoms with Crippen LogP contribution >= 0.6 is 11.6 Å². The van der Waals surface area contributed by atoms with Gasteiger partial charge >= 0.3 is 6.09 Å². The summed E-state index contributed by atoms with van der Waals surface area (Å²) in [5.74, 6) is 0.887. The Morgan fingerprint density at radius 2 is 2.09 bits per heavy atom. The molecule has 1 aliphatic carbocycles. The quantitative estimate of drug-likeness (QED) is 0.817. The fourth-order valence-corrected chi connectivity index (χ4v) is 3.12.